The Balaban J connectivity index is 1.04. The molecule has 0 saturated heterocycles. The fourth-order valence-corrected chi connectivity index (χ4v) is 11.2. The summed E-state index contributed by atoms with van der Waals surface area (Å²) in [6.07, 6.45) is 15.4. The van der Waals surface area contributed by atoms with E-state index in [4.69, 9.17) is 0 Å². The number of anilines is 4. The molecule has 50 heavy (non-hydrogen) atoms. The molecule has 8 atom stereocenters. The van der Waals surface area contributed by atoms with Crippen LogP contribution in [-0.2, 0) is 0 Å². The maximum Gasteiger partial charge on any atom is 0.0413 e. The molecule has 5 aromatic rings. The predicted octanol–water partition coefficient (Wildman–Crippen LogP) is 12.4. The summed E-state index contributed by atoms with van der Waals surface area (Å²) in [6.45, 7) is 0. The van der Waals surface area contributed by atoms with Gasteiger partial charge in [-0.2, -0.15) is 0 Å². The van der Waals surface area contributed by atoms with Crippen LogP contribution in [-0.4, -0.2) is 12.1 Å². The monoisotopic (exact) mass is 654 g/mol. The van der Waals surface area contributed by atoms with E-state index in [0.717, 1.165) is 35.5 Å². The largest absolute Gasteiger partial charge is 0.338 e. The van der Waals surface area contributed by atoms with Crippen molar-refractivity contribution in [2.24, 2.45) is 35.5 Å². The predicted molar refractivity (Wildman–Crippen MR) is 211 cm³/mol. The van der Waals surface area contributed by atoms with Crippen molar-refractivity contribution in [1.29, 1.82) is 0 Å². The van der Waals surface area contributed by atoms with Crippen LogP contribution in [0.4, 0.5) is 22.7 Å². The standard InChI is InChI=1S/C48H50N2/c1-5-13-35(14-6-1)21-22-36-23-29-42(30-24-36)50(41-19-11-4-12-20-41)46-34-28-38-25-31-43-45(33-27-37-26-32-44(46)48(38)47(37)43)49(39-15-7-2-8-16-39)40-17-9-3-10-18-40/h1-24,29-30,37-38,43-48H,25-28,31-34H2. The molecule has 4 saturated carbocycles. The summed E-state index contributed by atoms with van der Waals surface area (Å²) >= 11 is 0. The van der Waals surface area contributed by atoms with Crippen molar-refractivity contribution in [1.82, 2.24) is 0 Å². The first-order chi connectivity index (χ1) is 24.8. The maximum absolute atomic E-state index is 2.76. The fraction of sp³-hybridized carbons (Fsp3) is 0.333. The Kier molecular flexibility index (Phi) is 8.79. The Hall–Kier alpha value is -4.56. The highest BCUT2D eigenvalue weighted by atomic mass is 15.2. The highest BCUT2D eigenvalue weighted by molar-refractivity contribution is 5.72. The van der Waals surface area contributed by atoms with Crippen LogP contribution in [0.1, 0.15) is 62.5 Å². The third-order valence-electron chi connectivity index (χ3n) is 13.1. The van der Waals surface area contributed by atoms with Crippen molar-refractivity contribution in [3.63, 3.8) is 0 Å². The third-order valence-corrected chi connectivity index (χ3v) is 13.1. The molecule has 2 nitrogen and oxygen atoms in total. The van der Waals surface area contributed by atoms with Crippen LogP contribution in [0.3, 0.4) is 0 Å². The molecule has 4 aliphatic rings. The van der Waals surface area contributed by atoms with Crippen molar-refractivity contribution in [2.75, 3.05) is 9.80 Å². The number of rotatable bonds is 8. The van der Waals surface area contributed by atoms with E-state index in [1.54, 1.807) is 0 Å². The molecule has 2 heteroatoms. The van der Waals surface area contributed by atoms with E-state index in [1.807, 2.05) is 0 Å². The van der Waals surface area contributed by atoms with Gasteiger partial charge in [0.05, 0.1) is 0 Å². The summed E-state index contributed by atoms with van der Waals surface area (Å²) < 4.78 is 0. The highest BCUT2D eigenvalue weighted by Gasteiger charge is 2.57. The van der Waals surface area contributed by atoms with Crippen LogP contribution in [0.5, 0.6) is 0 Å². The number of nitrogens with zero attached hydrogens (tertiary/aromatic N) is 2. The lowest BCUT2D eigenvalue weighted by Crippen LogP contribution is -2.59. The van der Waals surface area contributed by atoms with E-state index in [-0.39, 0.29) is 0 Å². The van der Waals surface area contributed by atoms with Gasteiger partial charge in [-0.3, -0.25) is 0 Å². The Bertz CT molecular complexity index is 1810. The second-order valence-corrected chi connectivity index (χ2v) is 15.5. The summed E-state index contributed by atoms with van der Waals surface area (Å²) in [5, 5.41) is 0. The van der Waals surface area contributed by atoms with Gasteiger partial charge in [0.15, 0.2) is 0 Å². The van der Waals surface area contributed by atoms with E-state index >= 15 is 0 Å². The molecule has 252 valence electrons. The summed E-state index contributed by atoms with van der Waals surface area (Å²) in [6, 6.07) is 55.0. The van der Waals surface area contributed by atoms with Gasteiger partial charge in [0.2, 0.25) is 0 Å². The fourth-order valence-electron chi connectivity index (χ4n) is 11.2. The molecule has 0 heterocycles. The average Bonchev–Trinajstić information content (AvgIpc) is 3.19. The second kappa shape index (κ2) is 14.0. The van der Waals surface area contributed by atoms with Crippen LogP contribution in [0.15, 0.2) is 146 Å². The molecule has 0 aliphatic heterocycles. The lowest BCUT2D eigenvalue weighted by molar-refractivity contribution is -0.0881. The van der Waals surface area contributed by atoms with Gasteiger partial charge in [0, 0.05) is 34.8 Å². The number of hydrogen-bond donors (Lipinski definition) is 0. The van der Waals surface area contributed by atoms with E-state index in [1.165, 1.54) is 85.2 Å². The van der Waals surface area contributed by atoms with Gasteiger partial charge in [0.1, 0.15) is 0 Å². The molecule has 0 radical (unpaired) electrons. The van der Waals surface area contributed by atoms with Crippen LogP contribution in [0.25, 0.3) is 12.2 Å². The molecule has 5 aromatic carbocycles. The number of benzene rings is 5. The van der Waals surface area contributed by atoms with Crippen molar-refractivity contribution in [3.8, 4) is 0 Å². The van der Waals surface area contributed by atoms with Gasteiger partial charge in [-0.15, -0.1) is 0 Å². The van der Waals surface area contributed by atoms with Crippen molar-refractivity contribution < 1.29 is 0 Å². The Morgan fingerprint density at radius 2 is 0.680 bits per heavy atom. The van der Waals surface area contributed by atoms with Crippen molar-refractivity contribution in [2.45, 2.75) is 63.5 Å². The van der Waals surface area contributed by atoms with Gasteiger partial charge in [-0.05, 0) is 147 Å². The first-order valence-corrected chi connectivity index (χ1v) is 19.4. The van der Waals surface area contributed by atoms with Crippen LogP contribution in [0.2, 0.25) is 0 Å². The molecule has 0 aromatic heterocycles. The molecule has 0 amide bonds. The van der Waals surface area contributed by atoms with E-state index in [2.05, 4.69) is 168 Å². The Morgan fingerprint density at radius 1 is 0.340 bits per heavy atom. The zero-order chi connectivity index (χ0) is 33.3. The second-order valence-electron chi connectivity index (χ2n) is 15.5. The smallest absolute Gasteiger partial charge is 0.0413 e. The van der Waals surface area contributed by atoms with Gasteiger partial charge in [0.25, 0.3) is 0 Å². The summed E-state index contributed by atoms with van der Waals surface area (Å²) in [5.74, 6) is 4.89. The first-order valence-electron chi connectivity index (χ1n) is 19.4. The van der Waals surface area contributed by atoms with E-state index in [9.17, 15) is 0 Å². The first kappa shape index (κ1) is 31.4. The minimum atomic E-state index is 0.531. The van der Waals surface area contributed by atoms with Crippen LogP contribution < -0.4 is 9.80 Å². The molecular weight excluding hydrogens is 605 g/mol. The lowest BCUT2D eigenvalue weighted by Gasteiger charge is -2.62. The van der Waals surface area contributed by atoms with Crippen molar-refractivity contribution >= 4 is 34.9 Å². The zero-order valence-electron chi connectivity index (χ0n) is 29.2. The molecular formula is C48H50N2. The van der Waals surface area contributed by atoms with Crippen LogP contribution in [0, 0.1) is 35.5 Å². The number of hydrogen-bond acceptors (Lipinski definition) is 2. The topological polar surface area (TPSA) is 6.48 Å². The zero-order valence-corrected chi connectivity index (χ0v) is 29.2. The lowest BCUT2D eigenvalue weighted by atomic mass is 9.46. The van der Waals surface area contributed by atoms with Gasteiger partial charge in [-0.25, -0.2) is 0 Å². The van der Waals surface area contributed by atoms with E-state index < -0.39 is 0 Å². The maximum atomic E-state index is 2.76. The summed E-state index contributed by atoms with van der Waals surface area (Å²) in [7, 11) is 0. The molecule has 8 unspecified atom stereocenters. The normalized spacial score (nSPS) is 28.5. The van der Waals surface area contributed by atoms with Crippen molar-refractivity contribution in [3.05, 3.63) is 157 Å². The summed E-state index contributed by atoms with van der Waals surface area (Å²) in [4.78, 5) is 5.51. The van der Waals surface area contributed by atoms with E-state index in [0.29, 0.717) is 12.1 Å². The Labute approximate surface area is 299 Å². The molecule has 9 rings (SSSR count). The Morgan fingerprint density at radius 3 is 1.10 bits per heavy atom. The van der Waals surface area contributed by atoms with Crippen LogP contribution >= 0.6 is 0 Å². The summed E-state index contributed by atoms with van der Waals surface area (Å²) in [5.41, 5.74) is 7.89. The molecule has 0 bridgehead atoms. The molecule has 4 fully saturated rings. The minimum absolute atomic E-state index is 0.531. The molecule has 0 spiro atoms. The SMILES string of the molecule is C(=Cc1ccc(N(c2ccccc2)C2CCC3CCC4C5C(CCC2C35)CCC4N(c2ccccc2)c2ccccc2)cc1)c1ccccc1. The van der Waals surface area contributed by atoms with Gasteiger partial charge < -0.3 is 9.80 Å². The quantitative estimate of drug-likeness (QED) is 0.154. The van der Waals surface area contributed by atoms with Gasteiger partial charge >= 0.3 is 0 Å². The molecule has 0 N–H and O–H groups in total. The van der Waals surface area contributed by atoms with Gasteiger partial charge in [-0.1, -0.05) is 109 Å². The molecule has 4 aliphatic carbocycles. The number of para-hydroxylation sites is 3. The highest BCUT2D eigenvalue weighted by Crippen LogP contribution is 2.62. The average molecular weight is 655 g/mol. The third kappa shape index (κ3) is 5.97. The minimum Gasteiger partial charge on any atom is -0.338 e.